The Morgan fingerprint density at radius 3 is 2.00 bits per heavy atom. The lowest BCUT2D eigenvalue weighted by Crippen LogP contribution is -2.48. The summed E-state index contributed by atoms with van der Waals surface area (Å²) in [5.41, 5.74) is 0. The minimum absolute atomic E-state index is 0.275. The Morgan fingerprint density at radius 2 is 1.75 bits per heavy atom. The van der Waals surface area contributed by atoms with Crippen LogP contribution in [-0.4, -0.2) is 42.8 Å². The van der Waals surface area contributed by atoms with Crippen LogP contribution >= 0.6 is 0 Å². The number of hydrogen-bond acceptors (Lipinski definition) is 4. The Balaban J connectivity index is 2.39. The second-order valence-electron chi connectivity index (χ2n) is 2.78. The molecule has 0 aliphatic carbocycles. The monoisotopic (exact) mass is 192 g/mol. The van der Waals surface area contributed by atoms with Crippen molar-refractivity contribution < 1.29 is 18.0 Å². The molecule has 5 heteroatoms. The summed E-state index contributed by atoms with van der Waals surface area (Å²) in [6.07, 6.45) is 1.36. The smallest absolute Gasteiger partial charge is 0.378 e. The molecule has 72 valence electrons. The molecule has 0 amide bonds. The summed E-state index contributed by atoms with van der Waals surface area (Å²) >= 11 is 0. The van der Waals surface area contributed by atoms with Crippen LogP contribution in [0.3, 0.4) is 0 Å². The molecule has 0 aromatic carbocycles. The van der Waals surface area contributed by atoms with Crippen molar-refractivity contribution in [3.63, 3.8) is 0 Å². The first-order valence-corrected chi connectivity index (χ1v) is 5.96. The fourth-order valence-corrected chi connectivity index (χ4v) is 3.10. The fourth-order valence-electron chi connectivity index (χ4n) is 1.22. The second-order valence-corrected chi connectivity index (χ2v) is 5.78. The topological polar surface area (TPSA) is 36.9 Å². The van der Waals surface area contributed by atoms with Crippen molar-refractivity contribution in [2.45, 2.75) is 18.6 Å². The molecule has 0 saturated carbocycles. The standard InChI is InChI=1S/C7H16O4Si/c1-8-12(9-2,10-3)6-7-4-5-11-7/h7H,4-6H2,1-3H3. The van der Waals surface area contributed by atoms with E-state index in [0.717, 1.165) is 19.1 Å². The highest BCUT2D eigenvalue weighted by Gasteiger charge is 2.42. The normalized spacial score (nSPS) is 23.8. The maximum absolute atomic E-state index is 5.29. The molecular weight excluding hydrogens is 176 g/mol. The Labute approximate surface area is 74.1 Å². The first-order valence-electron chi connectivity index (χ1n) is 4.03. The van der Waals surface area contributed by atoms with Crippen LogP contribution in [0.4, 0.5) is 0 Å². The van der Waals surface area contributed by atoms with Gasteiger partial charge in [0.1, 0.15) is 0 Å². The molecule has 1 atom stereocenters. The van der Waals surface area contributed by atoms with Gasteiger partial charge in [0.15, 0.2) is 0 Å². The van der Waals surface area contributed by atoms with Crippen LogP contribution in [0.5, 0.6) is 0 Å². The van der Waals surface area contributed by atoms with Crippen molar-refractivity contribution in [2.24, 2.45) is 0 Å². The molecule has 0 aromatic rings. The van der Waals surface area contributed by atoms with E-state index in [2.05, 4.69) is 0 Å². The van der Waals surface area contributed by atoms with E-state index in [1.54, 1.807) is 21.3 Å². The fraction of sp³-hybridized carbons (Fsp3) is 1.00. The molecule has 0 spiro atoms. The predicted octanol–water partition coefficient (Wildman–Crippen LogP) is 0.653. The molecule has 0 N–H and O–H groups in total. The quantitative estimate of drug-likeness (QED) is 0.599. The van der Waals surface area contributed by atoms with E-state index in [4.69, 9.17) is 18.0 Å². The molecule has 1 fully saturated rings. The highest BCUT2D eigenvalue weighted by atomic mass is 28.4. The molecule has 1 heterocycles. The summed E-state index contributed by atoms with van der Waals surface area (Å²) in [6.45, 7) is 0.853. The minimum atomic E-state index is -2.38. The van der Waals surface area contributed by atoms with Crippen molar-refractivity contribution in [1.82, 2.24) is 0 Å². The molecule has 1 rings (SSSR count). The average Bonchev–Trinajstić information content (AvgIpc) is 2.05. The van der Waals surface area contributed by atoms with E-state index in [9.17, 15) is 0 Å². The predicted molar refractivity (Wildman–Crippen MR) is 45.9 cm³/mol. The zero-order valence-corrected chi connectivity index (χ0v) is 8.83. The highest BCUT2D eigenvalue weighted by Crippen LogP contribution is 2.24. The van der Waals surface area contributed by atoms with Gasteiger partial charge in [0.05, 0.1) is 6.10 Å². The van der Waals surface area contributed by atoms with Crippen LogP contribution in [0, 0.1) is 0 Å². The Kier molecular flexibility index (Phi) is 3.67. The summed E-state index contributed by atoms with van der Waals surface area (Å²) in [5.74, 6) is 0. The molecule has 1 aliphatic rings. The second kappa shape index (κ2) is 4.34. The van der Waals surface area contributed by atoms with Crippen molar-refractivity contribution >= 4 is 8.80 Å². The van der Waals surface area contributed by atoms with E-state index < -0.39 is 8.80 Å². The van der Waals surface area contributed by atoms with Crippen molar-refractivity contribution in [2.75, 3.05) is 27.9 Å². The van der Waals surface area contributed by atoms with Gasteiger partial charge >= 0.3 is 8.80 Å². The molecule has 1 saturated heterocycles. The van der Waals surface area contributed by atoms with Crippen molar-refractivity contribution in [3.8, 4) is 0 Å². The van der Waals surface area contributed by atoms with E-state index >= 15 is 0 Å². The zero-order chi connectivity index (χ0) is 9.03. The Morgan fingerprint density at radius 1 is 1.25 bits per heavy atom. The largest absolute Gasteiger partial charge is 0.502 e. The number of hydrogen-bond donors (Lipinski definition) is 0. The lowest BCUT2D eigenvalue weighted by molar-refractivity contribution is -0.0486. The SMILES string of the molecule is CO[Si](CC1CCO1)(OC)OC. The van der Waals surface area contributed by atoms with Crippen molar-refractivity contribution in [1.29, 1.82) is 0 Å². The van der Waals surface area contributed by atoms with Gasteiger partial charge in [-0.3, -0.25) is 0 Å². The summed E-state index contributed by atoms with van der Waals surface area (Å²) < 4.78 is 21.1. The average molecular weight is 192 g/mol. The van der Waals surface area contributed by atoms with Gasteiger partial charge in [0.25, 0.3) is 0 Å². The Hall–Kier alpha value is 0.0569. The van der Waals surface area contributed by atoms with Gasteiger partial charge in [0.2, 0.25) is 0 Å². The summed E-state index contributed by atoms with van der Waals surface area (Å²) in [5, 5.41) is 0. The van der Waals surface area contributed by atoms with E-state index in [-0.39, 0.29) is 6.10 Å². The third kappa shape index (κ3) is 2.05. The highest BCUT2D eigenvalue weighted by molar-refractivity contribution is 6.60. The van der Waals surface area contributed by atoms with Crippen LogP contribution in [0.1, 0.15) is 6.42 Å². The van der Waals surface area contributed by atoms with Gasteiger partial charge in [-0.05, 0) is 6.42 Å². The van der Waals surface area contributed by atoms with Crippen LogP contribution in [0.2, 0.25) is 6.04 Å². The van der Waals surface area contributed by atoms with Gasteiger partial charge in [-0.25, -0.2) is 0 Å². The molecule has 4 nitrogen and oxygen atoms in total. The molecule has 0 aromatic heterocycles. The summed E-state index contributed by atoms with van der Waals surface area (Å²) in [6, 6.07) is 0.760. The van der Waals surface area contributed by atoms with Gasteiger partial charge < -0.3 is 18.0 Å². The van der Waals surface area contributed by atoms with E-state index in [1.165, 1.54) is 0 Å². The summed E-state index contributed by atoms with van der Waals surface area (Å²) in [4.78, 5) is 0. The zero-order valence-electron chi connectivity index (χ0n) is 7.83. The van der Waals surface area contributed by atoms with Crippen molar-refractivity contribution in [3.05, 3.63) is 0 Å². The molecule has 12 heavy (non-hydrogen) atoms. The maximum Gasteiger partial charge on any atom is 0.502 e. The maximum atomic E-state index is 5.29. The van der Waals surface area contributed by atoms with Gasteiger partial charge in [-0.2, -0.15) is 0 Å². The molecule has 1 unspecified atom stereocenters. The van der Waals surface area contributed by atoms with Gasteiger partial charge in [-0.15, -0.1) is 0 Å². The molecule has 1 aliphatic heterocycles. The van der Waals surface area contributed by atoms with Crippen LogP contribution in [-0.2, 0) is 18.0 Å². The third-order valence-corrected chi connectivity index (χ3v) is 5.03. The number of rotatable bonds is 5. The third-order valence-electron chi connectivity index (χ3n) is 2.20. The van der Waals surface area contributed by atoms with E-state index in [1.807, 2.05) is 0 Å². The lowest BCUT2D eigenvalue weighted by atomic mass is 10.2. The molecule has 0 bridgehead atoms. The first kappa shape index (κ1) is 10.1. The van der Waals surface area contributed by atoms with Crippen LogP contribution in [0.15, 0.2) is 0 Å². The van der Waals surface area contributed by atoms with Gasteiger partial charge in [0, 0.05) is 34.0 Å². The van der Waals surface area contributed by atoms with Crippen LogP contribution < -0.4 is 0 Å². The molecule has 0 radical (unpaired) electrons. The van der Waals surface area contributed by atoms with Gasteiger partial charge in [-0.1, -0.05) is 0 Å². The van der Waals surface area contributed by atoms with Crippen LogP contribution in [0.25, 0.3) is 0 Å². The van der Waals surface area contributed by atoms with E-state index in [0.29, 0.717) is 0 Å². The Bertz CT molecular complexity index is 125. The minimum Gasteiger partial charge on any atom is -0.378 e. The molecular formula is C7H16O4Si. The first-order chi connectivity index (χ1) is 5.76. The number of ether oxygens (including phenoxy) is 1. The lowest BCUT2D eigenvalue weighted by Gasteiger charge is -2.33. The summed E-state index contributed by atoms with van der Waals surface area (Å²) in [7, 11) is 2.49.